The fourth-order valence-corrected chi connectivity index (χ4v) is 2.03. The molecule has 1 aliphatic heterocycles. The van der Waals surface area contributed by atoms with E-state index < -0.39 is 5.60 Å². The molecule has 0 saturated carbocycles. The topological polar surface area (TPSA) is 41.9 Å². The normalized spacial score (nSPS) is 15.4. The quantitative estimate of drug-likeness (QED) is 0.714. The Morgan fingerprint density at radius 3 is 2.47 bits per heavy atom. The Hall–Kier alpha value is -1.58. The summed E-state index contributed by atoms with van der Waals surface area (Å²) in [5.41, 5.74) is -0.489. The second-order valence-corrected chi connectivity index (χ2v) is 5.62. The monoisotopic (exact) mass is 264 g/mol. The number of ether oxygens (including phenoxy) is 1. The van der Waals surface area contributed by atoms with Gasteiger partial charge in [0.25, 0.3) is 0 Å². The van der Waals surface area contributed by atoms with E-state index in [1.165, 1.54) is 0 Å². The van der Waals surface area contributed by atoms with Gasteiger partial charge in [-0.15, -0.1) is 13.2 Å². The first kappa shape index (κ1) is 15.5. The summed E-state index contributed by atoms with van der Waals surface area (Å²) in [6.45, 7) is 14.3. The molecular formula is C15H24N2O2. The van der Waals surface area contributed by atoms with Crippen LogP contribution in [0.3, 0.4) is 0 Å². The molecule has 1 aliphatic rings. The first-order valence-corrected chi connectivity index (χ1v) is 6.65. The van der Waals surface area contributed by atoms with Gasteiger partial charge in [-0.05, 0) is 33.6 Å². The lowest BCUT2D eigenvalue weighted by Gasteiger charge is -2.27. The average Bonchev–Trinajstić information content (AvgIpc) is 2.75. The van der Waals surface area contributed by atoms with Crippen LogP contribution < -0.4 is 0 Å². The maximum atomic E-state index is 12.2. The van der Waals surface area contributed by atoms with Crippen molar-refractivity contribution in [3.8, 4) is 0 Å². The summed E-state index contributed by atoms with van der Waals surface area (Å²) < 4.78 is 5.41. The molecule has 0 saturated heterocycles. The van der Waals surface area contributed by atoms with E-state index in [2.05, 4.69) is 18.2 Å². The molecule has 106 valence electrons. The summed E-state index contributed by atoms with van der Waals surface area (Å²) in [6, 6.07) is 0. The summed E-state index contributed by atoms with van der Waals surface area (Å²) in [4.78, 5) is 18.2. The molecule has 0 spiro atoms. The van der Waals surface area contributed by atoms with Crippen molar-refractivity contribution >= 4 is 11.9 Å². The number of amidine groups is 1. The van der Waals surface area contributed by atoms with Gasteiger partial charge in [-0.25, -0.2) is 4.79 Å². The maximum absolute atomic E-state index is 12.2. The Labute approximate surface area is 115 Å². The van der Waals surface area contributed by atoms with E-state index in [1.807, 2.05) is 32.9 Å². The van der Waals surface area contributed by atoms with Crippen molar-refractivity contribution in [2.75, 3.05) is 13.1 Å². The fourth-order valence-electron chi connectivity index (χ4n) is 2.03. The van der Waals surface area contributed by atoms with Crippen molar-refractivity contribution in [3.05, 3.63) is 25.3 Å². The van der Waals surface area contributed by atoms with Crippen LogP contribution in [0.1, 0.15) is 33.6 Å². The maximum Gasteiger partial charge on any atom is 0.415 e. The highest BCUT2D eigenvalue weighted by Crippen LogP contribution is 2.21. The number of allylic oxidation sites excluding steroid dienone is 2. The van der Waals surface area contributed by atoms with Crippen molar-refractivity contribution in [1.82, 2.24) is 4.90 Å². The number of hydrogen-bond acceptors (Lipinski definition) is 3. The lowest BCUT2D eigenvalue weighted by atomic mass is 9.99. The van der Waals surface area contributed by atoms with Crippen LogP contribution >= 0.6 is 0 Å². The minimum atomic E-state index is -0.489. The fraction of sp³-hybridized carbons (Fsp3) is 0.600. The van der Waals surface area contributed by atoms with Crippen molar-refractivity contribution < 1.29 is 9.53 Å². The molecule has 0 N–H and O–H groups in total. The zero-order chi connectivity index (χ0) is 14.5. The minimum Gasteiger partial charge on any atom is -0.443 e. The largest absolute Gasteiger partial charge is 0.443 e. The highest BCUT2D eigenvalue weighted by atomic mass is 16.6. The summed E-state index contributed by atoms with van der Waals surface area (Å²) in [6.07, 6.45) is 4.95. The Morgan fingerprint density at radius 1 is 1.42 bits per heavy atom. The number of carbonyl (C=O) groups is 1. The molecule has 1 amide bonds. The molecule has 0 atom stereocenters. The van der Waals surface area contributed by atoms with Gasteiger partial charge in [0, 0.05) is 5.92 Å². The van der Waals surface area contributed by atoms with Crippen LogP contribution in [0.2, 0.25) is 0 Å². The smallest absolute Gasteiger partial charge is 0.415 e. The third-order valence-electron chi connectivity index (χ3n) is 2.76. The average molecular weight is 264 g/mol. The molecule has 4 heteroatoms. The van der Waals surface area contributed by atoms with Crippen molar-refractivity contribution in [1.29, 1.82) is 0 Å². The van der Waals surface area contributed by atoms with Gasteiger partial charge in [0.05, 0.1) is 13.1 Å². The SMILES string of the molecule is C=CCC(CC=C)C1=NCCN1C(=O)OC(C)(C)C. The van der Waals surface area contributed by atoms with Crippen LogP contribution in [0.4, 0.5) is 4.79 Å². The predicted molar refractivity (Wildman–Crippen MR) is 78.4 cm³/mol. The lowest BCUT2D eigenvalue weighted by molar-refractivity contribution is 0.0377. The van der Waals surface area contributed by atoms with Gasteiger partial charge in [-0.2, -0.15) is 0 Å². The molecule has 0 aliphatic carbocycles. The first-order chi connectivity index (χ1) is 8.89. The number of amides is 1. The molecule has 0 bridgehead atoms. The van der Waals surface area contributed by atoms with Gasteiger partial charge in [0.15, 0.2) is 0 Å². The molecular weight excluding hydrogens is 240 g/mol. The van der Waals surface area contributed by atoms with Gasteiger partial charge < -0.3 is 4.74 Å². The third-order valence-corrected chi connectivity index (χ3v) is 2.76. The van der Waals surface area contributed by atoms with Crippen LogP contribution in [-0.2, 0) is 4.74 Å². The van der Waals surface area contributed by atoms with E-state index >= 15 is 0 Å². The molecule has 0 aromatic carbocycles. The third kappa shape index (κ3) is 4.54. The van der Waals surface area contributed by atoms with Crippen molar-refractivity contribution in [3.63, 3.8) is 0 Å². The molecule has 1 heterocycles. The highest BCUT2D eigenvalue weighted by Gasteiger charge is 2.31. The zero-order valence-corrected chi connectivity index (χ0v) is 12.2. The Bertz CT molecular complexity index is 370. The molecule has 4 nitrogen and oxygen atoms in total. The van der Waals surface area contributed by atoms with Gasteiger partial charge >= 0.3 is 6.09 Å². The van der Waals surface area contributed by atoms with Gasteiger partial charge in [-0.3, -0.25) is 9.89 Å². The minimum absolute atomic E-state index is 0.157. The molecule has 0 radical (unpaired) electrons. The molecule has 0 unspecified atom stereocenters. The molecule has 1 rings (SSSR count). The first-order valence-electron chi connectivity index (χ1n) is 6.65. The van der Waals surface area contributed by atoms with Gasteiger partial charge in [-0.1, -0.05) is 12.2 Å². The molecule has 19 heavy (non-hydrogen) atoms. The summed E-state index contributed by atoms with van der Waals surface area (Å²) in [5, 5.41) is 0. The summed E-state index contributed by atoms with van der Waals surface area (Å²) in [5.74, 6) is 0.957. The number of aliphatic imine (C=N–C) groups is 1. The van der Waals surface area contributed by atoms with Crippen molar-refractivity contribution in [2.45, 2.75) is 39.2 Å². The van der Waals surface area contributed by atoms with Crippen LogP contribution in [0, 0.1) is 5.92 Å². The second-order valence-electron chi connectivity index (χ2n) is 5.62. The van der Waals surface area contributed by atoms with Crippen molar-refractivity contribution in [2.24, 2.45) is 10.9 Å². The standard InChI is InChI=1S/C15H24N2O2/c1-6-8-12(9-7-2)13-16-10-11-17(13)14(18)19-15(3,4)5/h6-7,12H,1-2,8-11H2,3-5H3. The van der Waals surface area contributed by atoms with E-state index in [0.29, 0.717) is 13.1 Å². The van der Waals surface area contributed by atoms with E-state index in [4.69, 9.17) is 4.74 Å². The molecule has 0 aromatic heterocycles. The number of hydrogen-bond donors (Lipinski definition) is 0. The summed E-state index contributed by atoms with van der Waals surface area (Å²) in [7, 11) is 0. The summed E-state index contributed by atoms with van der Waals surface area (Å²) >= 11 is 0. The molecule has 0 aromatic rings. The number of rotatable bonds is 5. The van der Waals surface area contributed by atoms with Gasteiger partial charge in [0.2, 0.25) is 0 Å². The van der Waals surface area contributed by atoms with Crippen LogP contribution in [-0.4, -0.2) is 35.5 Å². The van der Waals surface area contributed by atoms with E-state index in [1.54, 1.807) is 4.90 Å². The number of carbonyl (C=O) groups excluding carboxylic acids is 1. The predicted octanol–water partition coefficient (Wildman–Crippen LogP) is 3.40. The zero-order valence-electron chi connectivity index (χ0n) is 12.2. The second kappa shape index (κ2) is 6.55. The van der Waals surface area contributed by atoms with Gasteiger partial charge in [0.1, 0.15) is 11.4 Å². The van der Waals surface area contributed by atoms with E-state index in [-0.39, 0.29) is 12.0 Å². The van der Waals surface area contributed by atoms with Crippen LogP contribution in [0.5, 0.6) is 0 Å². The Balaban J connectivity index is 2.79. The van der Waals surface area contributed by atoms with E-state index in [9.17, 15) is 4.79 Å². The number of nitrogens with zero attached hydrogens (tertiary/aromatic N) is 2. The molecule has 0 fully saturated rings. The van der Waals surface area contributed by atoms with E-state index in [0.717, 1.165) is 18.7 Å². The highest BCUT2D eigenvalue weighted by molar-refractivity contribution is 5.98. The lowest BCUT2D eigenvalue weighted by Crippen LogP contribution is -2.41. The Kier molecular flexibility index (Phi) is 5.33. The van der Waals surface area contributed by atoms with Crippen LogP contribution in [0.25, 0.3) is 0 Å². The van der Waals surface area contributed by atoms with Crippen LogP contribution in [0.15, 0.2) is 30.3 Å². The Morgan fingerprint density at radius 2 is 2.00 bits per heavy atom.